The van der Waals surface area contributed by atoms with E-state index in [1.807, 2.05) is 0 Å². The van der Waals surface area contributed by atoms with Gasteiger partial charge in [-0.05, 0) is 56.8 Å². The molecule has 1 saturated heterocycles. The van der Waals surface area contributed by atoms with Crippen LogP contribution >= 0.6 is 0 Å². The summed E-state index contributed by atoms with van der Waals surface area (Å²) in [6, 6.07) is 4.46. The normalized spacial score (nSPS) is 18.4. The van der Waals surface area contributed by atoms with Gasteiger partial charge in [-0.3, -0.25) is 0 Å². The molecule has 0 unspecified atom stereocenters. The van der Waals surface area contributed by atoms with Crippen LogP contribution in [0, 0.1) is 11.7 Å². The Kier molecular flexibility index (Phi) is 7.35. The predicted molar refractivity (Wildman–Crippen MR) is 120 cm³/mol. The molecule has 2 aromatic rings. The summed E-state index contributed by atoms with van der Waals surface area (Å²) >= 11 is 0. The van der Waals surface area contributed by atoms with Crippen LogP contribution in [0.3, 0.4) is 0 Å². The van der Waals surface area contributed by atoms with Crippen molar-refractivity contribution in [2.75, 3.05) is 35.6 Å². The molecule has 0 amide bonds. The first kappa shape index (κ1) is 21.5. The molecule has 5 N–H and O–H groups in total. The lowest BCUT2D eigenvalue weighted by molar-refractivity contribution is 0.389. The number of aromatic hydroxyl groups is 1. The van der Waals surface area contributed by atoms with Crippen molar-refractivity contribution in [2.24, 2.45) is 5.92 Å². The monoisotopic (exact) mass is 429 g/mol. The van der Waals surface area contributed by atoms with E-state index >= 15 is 0 Å². The highest BCUT2D eigenvalue weighted by atomic mass is 19.1. The second-order valence-electron chi connectivity index (χ2n) is 8.50. The van der Waals surface area contributed by atoms with E-state index < -0.39 is 5.82 Å². The average molecular weight is 430 g/mol. The molecule has 1 aromatic heterocycles. The zero-order valence-corrected chi connectivity index (χ0v) is 17.8. The van der Waals surface area contributed by atoms with Crippen molar-refractivity contribution in [3.63, 3.8) is 0 Å². The Hall–Kier alpha value is -2.68. The molecule has 0 bridgehead atoms. The Morgan fingerprint density at radius 3 is 2.39 bits per heavy atom. The smallest absolute Gasteiger partial charge is 0.233 e. The number of piperidine rings is 1. The van der Waals surface area contributed by atoms with Crippen LogP contribution in [0.25, 0.3) is 0 Å². The SMILES string of the molecule is Oc1ccc(Nc2nc(NCC3CCNCC3)nc(NC3CCCCCC3)n2)cc1F. The van der Waals surface area contributed by atoms with Crippen molar-refractivity contribution in [3.8, 4) is 5.75 Å². The van der Waals surface area contributed by atoms with Gasteiger partial charge >= 0.3 is 0 Å². The molecular weight excluding hydrogens is 397 g/mol. The molecule has 31 heavy (non-hydrogen) atoms. The maximum absolute atomic E-state index is 13.7. The summed E-state index contributed by atoms with van der Waals surface area (Å²) in [5, 5.41) is 22.7. The van der Waals surface area contributed by atoms with Gasteiger partial charge in [0.2, 0.25) is 17.8 Å². The van der Waals surface area contributed by atoms with Gasteiger partial charge < -0.3 is 26.4 Å². The number of phenolic OH excluding ortho intramolecular Hbond substituents is 1. The van der Waals surface area contributed by atoms with E-state index in [0.29, 0.717) is 35.5 Å². The molecule has 9 heteroatoms. The van der Waals surface area contributed by atoms with Crippen LogP contribution in [0.4, 0.5) is 27.9 Å². The van der Waals surface area contributed by atoms with Crippen molar-refractivity contribution in [2.45, 2.75) is 57.4 Å². The van der Waals surface area contributed by atoms with E-state index in [9.17, 15) is 9.50 Å². The van der Waals surface area contributed by atoms with Crippen molar-refractivity contribution in [1.29, 1.82) is 0 Å². The molecule has 2 fully saturated rings. The molecule has 8 nitrogen and oxygen atoms in total. The molecule has 1 saturated carbocycles. The molecule has 1 aliphatic carbocycles. The first-order valence-corrected chi connectivity index (χ1v) is 11.4. The zero-order chi connectivity index (χ0) is 21.5. The number of benzene rings is 1. The average Bonchev–Trinajstić information content (AvgIpc) is 3.04. The van der Waals surface area contributed by atoms with Gasteiger partial charge in [0.25, 0.3) is 0 Å². The van der Waals surface area contributed by atoms with Gasteiger partial charge in [0.1, 0.15) is 0 Å². The van der Waals surface area contributed by atoms with Gasteiger partial charge in [-0.15, -0.1) is 0 Å². The van der Waals surface area contributed by atoms with Gasteiger partial charge in [-0.25, -0.2) is 4.39 Å². The lowest BCUT2D eigenvalue weighted by atomic mass is 9.98. The van der Waals surface area contributed by atoms with E-state index in [-0.39, 0.29) is 5.75 Å². The number of hydrogen-bond acceptors (Lipinski definition) is 8. The number of halogens is 1. The first-order chi connectivity index (χ1) is 15.2. The van der Waals surface area contributed by atoms with Crippen molar-refractivity contribution in [1.82, 2.24) is 20.3 Å². The van der Waals surface area contributed by atoms with Crippen LogP contribution in [0.5, 0.6) is 5.75 Å². The molecule has 1 aliphatic heterocycles. The number of nitrogens with zero attached hydrogens (tertiary/aromatic N) is 3. The van der Waals surface area contributed by atoms with E-state index in [0.717, 1.165) is 45.3 Å². The Morgan fingerprint density at radius 1 is 0.935 bits per heavy atom. The van der Waals surface area contributed by atoms with Gasteiger partial charge in [0.15, 0.2) is 11.6 Å². The van der Waals surface area contributed by atoms with Gasteiger partial charge in [-0.1, -0.05) is 25.7 Å². The molecule has 1 aromatic carbocycles. The highest BCUT2D eigenvalue weighted by Gasteiger charge is 2.17. The minimum Gasteiger partial charge on any atom is -0.505 e. The van der Waals surface area contributed by atoms with Crippen molar-refractivity contribution in [3.05, 3.63) is 24.0 Å². The van der Waals surface area contributed by atoms with Gasteiger partial charge in [0, 0.05) is 24.3 Å². The number of aromatic nitrogens is 3. The summed E-state index contributed by atoms with van der Waals surface area (Å²) in [6.45, 7) is 2.89. The number of phenols is 1. The topological polar surface area (TPSA) is 107 Å². The maximum Gasteiger partial charge on any atom is 0.233 e. The lowest BCUT2D eigenvalue weighted by Crippen LogP contribution is -2.31. The highest BCUT2D eigenvalue weighted by molar-refractivity contribution is 5.57. The number of rotatable bonds is 7. The molecule has 0 radical (unpaired) electrons. The number of hydrogen-bond donors (Lipinski definition) is 5. The fraction of sp³-hybridized carbons (Fsp3) is 0.591. The molecular formula is C22H32FN7O. The fourth-order valence-electron chi connectivity index (χ4n) is 4.22. The summed E-state index contributed by atoms with van der Waals surface area (Å²) in [6.07, 6.45) is 9.44. The zero-order valence-electron chi connectivity index (χ0n) is 17.8. The third kappa shape index (κ3) is 6.40. The van der Waals surface area contributed by atoms with Gasteiger partial charge in [0.05, 0.1) is 0 Å². The second-order valence-corrected chi connectivity index (χ2v) is 8.50. The Labute approximate surface area is 182 Å². The summed E-state index contributed by atoms with van der Waals surface area (Å²) in [7, 11) is 0. The Bertz CT molecular complexity index is 852. The Balaban J connectivity index is 1.50. The summed E-state index contributed by atoms with van der Waals surface area (Å²) < 4.78 is 13.7. The fourth-order valence-corrected chi connectivity index (χ4v) is 4.22. The van der Waals surface area contributed by atoms with E-state index in [1.165, 1.54) is 37.8 Å². The Morgan fingerprint density at radius 2 is 1.65 bits per heavy atom. The number of anilines is 4. The van der Waals surface area contributed by atoms with Crippen molar-refractivity contribution < 1.29 is 9.50 Å². The lowest BCUT2D eigenvalue weighted by Gasteiger charge is -2.23. The van der Waals surface area contributed by atoms with Crippen LogP contribution in [-0.2, 0) is 0 Å². The first-order valence-electron chi connectivity index (χ1n) is 11.4. The van der Waals surface area contributed by atoms with Crippen LogP contribution in [0.2, 0.25) is 0 Å². The highest BCUT2D eigenvalue weighted by Crippen LogP contribution is 2.24. The third-order valence-corrected chi connectivity index (χ3v) is 6.04. The molecule has 2 heterocycles. The van der Waals surface area contributed by atoms with Crippen LogP contribution in [0.15, 0.2) is 18.2 Å². The van der Waals surface area contributed by atoms with E-state index in [4.69, 9.17) is 0 Å². The van der Waals surface area contributed by atoms with E-state index in [2.05, 4.69) is 36.2 Å². The minimum absolute atomic E-state index is 0.337. The van der Waals surface area contributed by atoms with Crippen LogP contribution in [-0.4, -0.2) is 45.7 Å². The minimum atomic E-state index is -0.694. The maximum atomic E-state index is 13.7. The third-order valence-electron chi connectivity index (χ3n) is 6.04. The second kappa shape index (κ2) is 10.6. The van der Waals surface area contributed by atoms with E-state index in [1.54, 1.807) is 6.07 Å². The standard InChI is InChI=1S/C22H32FN7O/c23-18-13-17(7-8-19(18)31)27-22-29-20(25-14-15-9-11-24-12-10-15)28-21(30-22)26-16-5-3-1-2-4-6-16/h7-8,13,15-16,24,31H,1-6,9-12,14H2,(H3,25,26,27,28,29,30). The molecule has 0 atom stereocenters. The largest absolute Gasteiger partial charge is 0.505 e. The van der Waals surface area contributed by atoms with Gasteiger partial charge in [-0.2, -0.15) is 15.0 Å². The molecule has 4 rings (SSSR count). The summed E-state index contributed by atoms with van der Waals surface area (Å²) in [4.78, 5) is 13.6. The van der Waals surface area contributed by atoms with Crippen LogP contribution in [0.1, 0.15) is 51.4 Å². The molecule has 2 aliphatic rings. The van der Waals surface area contributed by atoms with Crippen LogP contribution < -0.4 is 21.3 Å². The predicted octanol–water partition coefficient (Wildman–Crippen LogP) is 4.01. The quantitative estimate of drug-likeness (QED) is 0.332. The number of nitrogens with one attached hydrogen (secondary N) is 4. The molecule has 168 valence electrons. The molecule has 0 spiro atoms. The van der Waals surface area contributed by atoms with Crippen molar-refractivity contribution >= 4 is 23.5 Å². The summed E-state index contributed by atoms with van der Waals surface area (Å²) in [5.74, 6) is 0.868. The summed E-state index contributed by atoms with van der Waals surface area (Å²) in [5.41, 5.74) is 0.464.